The Bertz CT molecular complexity index is 300. The second-order valence-corrected chi connectivity index (χ2v) is 4.82. The quantitative estimate of drug-likeness (QED) is 0.592. The Morgan fingerprint density at radius 2 is 1.94 bits per heavy atom. The van der Waals surface area contributed by atoms with E-state index in [1.54, 1.807) is 11.8 Å². The smallest absolute Gasteiger partial charge is 0.119 e. The average Bonchev–Trinajstić information content (AvgIpc) is 2.26. The van der Waals surface area contributed by atoms with E-state index in [1.807, 2.05) is 26.0 Å². The first-order valence-electron chi connectivity index (χ1n) is 5.39. The van der Waals surface area contributed by atoms with Crippen LogP contribution >= 0.6 is 11.8 Å². The Morgan fingerprint density at radius 1 is 1.31 bits per heavy atom. The van der Waals surface area contributed by atoms with Crippen LogP contribution < -0.4 is 16.0 Å². The lowest BCUT2D eigenvalue weighted by Crippen LogP contribution is -2.29. The topological polar surface area (TPSA) is 47.3 Å². The number of nitrogens with two attached hydrogens (primary N) is 1. The van der Waals surface area contributed by atoms with Gasteiger partial charge in [-0.05, 0) is 37.8 Å². The maximum absolute atomic E-state index is 5.59. The maximum atomic E-state index is 5.59. The van der Waals surface area contributed by atoms with Gasteiger partial charge in [0.05, 0.1) is 12.1 Å². The van der Waals surface area contributed by atoms with Gasteiger partial charge in [-0.2, -0.15) is 11.8 Å². The fraction of sp³-hybridized carbons (Fsp3) is 0.500. The Morgan fingerprint density at radius 3 is 2.38 bits per heavy atom. The molecule has 1 aromatic rings. The van der Waals surface area contributed by atoms with Crippen LogP contribution in [0.4, 0.5) is 0 Å². The highest BCUT2D eigenvalue weighted by Crippen LogP contribution is 2.20. The van der Waals surface area contributed by atoms with Gasteiger partial charge < -0.3 is 4.74 Å². The lowest BCUT2D eigenvalue weighted by Gasteiger charge is -2.16. The first-order valence-corrected chi connectivity index (χ1v) is 6.78. The van der Waals surface area contributed by atoms with Crippen molar-refractivity contribution < 1.29 is 4.74 Å². The highest BCUT2D eigenvalue weighted by molar-refractivity contribution is 7.98. The molecule has 1 rings (SSSR count). The summed E-state index contributed by atoms with van der Waals surface area (Å²) in [7, 11) is 0. The van der Waals surface area contributed by atoms with E-state index in [0.29, 0.717) is 0 Å². The number of hydrazine groups is 1. The molecule has 1 unspecified atom stereocenters. The maximum Gasteiger partial charge on any atom is 0.119 e. The highest BCUT2D eigenvalue weighted by Gasteiger charge is 2.08. The van der Waals surface area contributed by atoms with Crippen molar-refractivity contribution in [2.24, 2.45) is 5.84 Å². The molecular formula is C12H20N2OS. The van der Waals surface area contributed by atoms with Gasteiger partial charge in [0.2, 0.25) is 0 Å². The van der Waals surface area contributed by atoms with Crippen LogP contribution in [0.5, 0.6) is 5.75 Å². The summed E-state index contributed by atoms with van der Waals surface area (Å²) in [6.45, 7) is 4.04. The van der Waals surface area contributed by atoms with Gasteiger partial charge in [-0.3, -0.25) is 11.3 Å². The predicted molar refractivity (Wildman–Crippen MR) is 70.7 cm³/mol. The molecule has 0 saturated carbocycles. The molecule has 0 aliphatic carbocycles. The van der Waals surface area contributed by atoms with E-state index in [1.165, 1.54) is 5.56 Å². The first-order chi connectivity index (χ1) is 7.67. The lowest BCUT2D eigenvalue weighted by molar-refractivity contribution is 0.242. The van der Waals surface area contributed by atoms with E-state index in [2.05, 4.69) is 23.8 Å². The Kier molecular flexibility index (Phi) is 5.66. The van der Waals surface area contributed by atoms with E-state index in [4.69, 9.17) is 10.6 Å². The van der Waals surface area contributed by atoms with Gasteiger partial charge in [0.15, 0.2) is 0 Å². The second kappa shape index (κ2) is 6.78. The summed E-state index contributed by atoms with van der Waals surface area (Å²) in [5.74, 6) is 7.38. The van der Waals surface area contributed by atoms with Crippen molar-refractivity contribution in [3.63, 3.8) is 0 Å². The summed E-state index contributed by atoms with van der Waals surface area (Å²) in [5.41, 5.74) is 4.01. The van der Waals surface area contributed by atoms with Gasteiger partial charge in [0.1, 0.15) is 5.75 Å². The van der Waals surface area contributed by atoms with Crippen LogP contribution in [0.2, 0.25) is 0 Å². The van der Waals surface area contributed by atoms with Crippen LogP contribution in [0.1, 0.15) is 25.5 Å². The molecule has 0 radical (unpaired) electrons. The third-order valence-electron chi connectivity index (χ3n) is 2.19. The molecule has 0 saturated heterocycles. The third kappa shape index (κ3) is 4.04. The summed E-state index contributed by atoms with van der Waals surface area (Å²) < 4.78 is 5.59. The van der Waals surface area contributed by atoms with E-state index >= 15 is 0 Å². The van der Waals surface area contributed by atoms with E-state index in [0.717, 1.165) is 11.5 Å². The standard InChI is InChI=1S/C12H20N2OS/c1-9(2)15-11-6-4-10(5-7-11)12(14-13)8-16-3/h4-7,9,12,14H,8,13H2,1-3H3. The van der Waals surface area contributed by atoms with Crippen LogP contribution in [-0.2, 0) is 0 Å². The van der Waals surface area contributed by atoms with Crippen molar-refractivity contribution in [2.45, 2.75) is 26.0 Å². The monoisotopic (exact) mass is 240 g/mol. The van der Waals surface area contributed by atoms with Crippen molar-refractivity contribution in [3.05, 3.63) is 29.8 Å². The van der Waals surface area contributed by atoms with E-state index in [9.17, 15) is 0 Å². The number of hydrogen-bond donors (Lipinski definition) is 2. The fourth-order valence-electron chi connectivity index (χ4n) is 1.46. The largest absolute Gasteiger partial charge is 0.491 e. The summed E-state index contributed by atoms with van der Waals surface area (Å²) in [5, 5.41) is 0. The second-order valence-electron chi connectivity index (χ2n) is 3.91. The van der Waals surface area contributed by atoms with Gasteiger partial charge in [-0.1, -0.05) is 12.1 Å². The molecule has 3 N–H and O–H groups in total. The van der Waals surface area contributed by atoms with Crippen LogP contribution in [-0.4, -0.2) is 18.1 Å². The first kappa shape index (κ1) is 13.4. The SMILES string of the molecule is CSCC(NN)c1ccc(OC(C)C)cc1. The molecule has 0 heterocycles. The minimum absolute atomic E-state index is 0.197. The van der Waals surface area contributed by atoms with Gasteiger partial charge in [-0.15, -0.1) is 0 Å². The van der Waals surface area contributed by atoms with Gasteiger partial charge in [0, 0.05) is 5.75 Å². The van der Waals surface area contributed by atoms with Gasteiger partial charge in [-0.25, -0.2) is 0 Å². The number of ether oxygens (including phenoxy) is 1. The number of thioether (sulfide) groups is 1. The molecule has 4 heteroatoms. The molecule has 3 nitrogen and oxygen atoms in total. The molecule has 0 aromatic heterocycles. The highest BCUT2D eigenvalue weighted by atomic mass is 32.2. The number of benzene rings is 1. The van der Waals surface area contributed by atoms with Crippen molar-refractivity contribution in [3.8, 4) is 5.75 Å². The Labute approximate surface area is 102 Å². The Hall–Kier alpha value is -0.710. The van der Waals surface area contributed by atoms with Crippen molar-refractivity contribution in [1.29, 1.82) is 0 Å². The van der Waals surface area contributed by atoms with E-state index in [-0.39, 0.29) is 12.1 Å². The molecule has 90 valence electrons. The lowest BCUT2D eigenvalue weighted by atomic mass is 10.1. The average molecular weight is 240 g/mol. The van der Waals surface area contributed by atoms with E-state index < -0.39 is 0 Å². The molecular weight excluding hydrogens is 220 g/mol. The molecule has 1 aromatic carbocycles. The predicted octanol–water partition coefficient (Wildman–Crippen LogP) is 2.34. The van der Waals surface area contributed by atoms with Crippen LogP contribution in [0.25, 0.3) is 0 Å². The summed E-state index contributed by atoms with van der Waals surface area (Å²) >= 11 is 1.77. The van der Waals surface area contributed by atoms with Crippen molar-refractivity contribution >= 4 is 11.8 Å². The molecule has 0 bridgehead atoms. The summed E-state index contributed by atoms with van der Waals surface area (Å²) in [6, 6.07) is 8.28. The van der Waals surface area contributed by atoms with Crippen LogP contribution in [0.15, 0.2) is 24.3 Å². The molecule has 1 atom stereocenters. The Balaban J connectivity index is 2.69. The number of rotatable bonds is 6. The summed E-state index contributed by atoms with van der Waals surface area (Å²) in [6.07, 6.45) is 2.28. The molecule has 0 amide bonds. The molecule has 0 spiro atoms. The normalized spacial score (nSPS) is 12.8. The van der Waals surface area contributed by atoms with Crippen LogP contribution in [0, 0.1) is 0 Å². The minimum atomic E-state index is 0.197. The minimum Gasteiger partial charge on any atom is -0.491 e. The third-order valence-corrected chi connectivity index (χ3v) is 2.86. The zero-order valence-electron chi connectivity index (χ0n) is 10.1. The van der Waals surface area contributed by atoms with Gasteiger partial charge >= 0.3 is 0 Å². The van der Waals surface area contributed by atoms with Gasteiger partial charge in [0.25, 0.3) is 0 Å². The number of hydrogen-bond acceptors (Lipinski definition) is 4. The fourth-order valence-corrected chi connectivity index (χ4v) is 2.08. The molecule has 0 aliphatic rings. The van der Waals surface area contributed by atoms with Crippen molar-refractivity contribution in [2.75, 3.05) is 12.0 Å². The zero-order valence-corrected chi connectivity index (χ0v) is 10.9. The summed E-state index contributed by atoms with van der Waals surface area (Å²) in [4.78, 5) is 0. The molecule has 0 aliphatic heterocycles. The number of nitrogens with one attached hydrogen (secondary N) is 1. The van der Waals surface area contributed by atoms with Crippen LogP contribution in [0.3, 0.4) is 0 Å². The zero-order chi connectivity index (χ0) is 12.0. The van der Waals surface area contributed by atoms with Crippen molar-refractivity contribution in [1.82, 2.24) is 5.43 Å². The molecule has 0 fully saturated rings. The molecule has 16 heavy (non-hydrogen) atoms.